The molecule has 78 valence electrons. The minimum absolute atomic E-state index is 0.563. The number of primary amides is 1. The molecule has 1 aromatic rings. The van der Waals surface area contributed by atoms with Gasteiger partial charge < -0.3 is 5.73 Å². The number of nitrogens with zero attached hydrogens (tertiary/aromatic N) is 2. The van der Waals surface area contributed by atoms with Crippen molar-refractivity contribution >= 4 is 23.5 Å². The maximum atomic E-state index is 10.7. The standard InChI is InChI=1S/C9H10N4OS/c10-9(14)12-13-6-15-5-8(13)7-2-1-3-11-4-7/h1-5H,6H2,(H3,10,12,14). The Labute approximate surface area is 91.3 Å². The van der Waals surface area contributed by atoms with Gasteiger partial charge in [-0.2, -0.15) is 0 Å². The molecule has 0 aliphatic carbocycles. The largest absolute Gasteiger partial charge is 0.350 e. The van der Waals surface area contributed by atoms with Gasteiger partial charge >= 0.3 is 6.03 Å². The summed E-state index contributed by atoms with van der Waals surface area (Å²) < 4.78 is 0. The molecule has 1 aliphatic heterocycles. The zero-order valence-electron chi connectivity index (χ0n) is 7.88. The number of hydrogen-bond donors (Lipinski definition) is 2. The number of thioether (sulfide) groups is 1. The summed E-state index contributed by atoms with van der Waals surface area (Å²) in [5, 5.41) is 3.66. The van der Waals surface area contributed by atoms with Gasteiger partial charge in [-0.15, -0.1) is 11.8 Å². The van der Waals surface area contributed by atoms with Crippen LogP contribution in [0.15, 0.2) is 29.9 Å². The van der Waals surface area contributed by atoms with Gasteiger partial charge in [-0.05, 0) is 17.5 Å². The Hall–Kier alpha value is -1.69. The van der Waals surface area contributed by atoms with E-state index in [2.05, 4.69) is 10.4 Å². The zero-order chi connectivity index (χ0) is 10.7. The van der Waals surface area contributed by atoms with Crippen LogP contribution in [-0.4, -0.2) is 21.9 Å². The Morgan fingerprint density at radius 1 is 1.67 bits per heavy atom. The van der Waals surface area contributed by atoms with Gasteiger partial charge in [0.2, 0.25) is 0 Å². The van der Waals surface area contributed by atoms with Crippen LogP contribution < -0.4 is 11.2 Å². The molecule has 0 fully saturated rings. The predicted octanol–water partition coefficient (Wildman–Crippen LogP) is 0.970. The first-order valence-corrected chi connectivity index (χ1v) is 5.38. The summed E-state index contributed by atoms with van der Waals surface area (Å²) >= 11 is 1.59. The van der Waals surface area contributed by atoms with E-state index in [1.807, 2.05) is 17.5 Å². The quantitative estimate of drug-likeness (QED) is 0.782. The first-order chi connectivity index (χ1) is 7.27. The lowest BCUT2D eigenvalue weighted by atomic mass is 10.2. The molecule has 3 N–H and O–H groups in total. The average Bonchev–Trinajstić information content (AvgIpc) is 2.66. The number of nitrogens with two attached hydrogens (primary N) is 1. The van der Waals surface area contributed by atoms with Crippen LogP contribution in [0.25, 0.3) is 5.70 Å². The van der Waals surface area contributed by atoms with Crippen molar-refractivity contribution in [1.82, 2.24) is 15.4 Å². The molecule has 0 unspecified atom stereocenters. The van der Waals surface area contributed by atoms with Crippen molar-refractivity contribution in [3.8, 4) is 0 Å². The molecule has 1 aromatic heterocycles. The Morgan fingerprint density at radius 2 is 2.53 bits per heavy atom. The molecule has 0 saturated carbocycles. The molecule has 0 atom stereocenters. The fourth-order valence-electron chi connectivity index (χ4n) is 1.29. The molecule has 2 rings (SSSR count). The lowest BCUT2D eigenvalue weighted by Gasteiger charge is -2.20. The molecular weight excluding hydrogens is 212 g/mol. The number of rotatable bonds is 2. The van der Waals surface area contributed by atoms with E-state index < -0.39 is 6.03 Å². The first kappa shape index (κ1) is 9.85. The zero-order valence-corrected chi connectivity index (χ0v) is 8.70. The topological polar surface area (TPSA) is 71.2 Å². The minimum atomic E-state index is -0.563. The fourth-order valence-corrected chi connectivity index (χ4v) is 2.14. The fraction of sp³-hybridized carbons (Fsp3) is 0.111. The SMILES string of the molecule is NC(=O)NN1CSC=C1c1cccnc1. The maximum absolute atomic E-state index is 10.7. The molecule has 15 heavy (non-hydrogen) atoms. The third kappa shape index (κ3) is 2.21. The average molecular weight is 222 g/mol. The minimum Gasteiger partial charge on any atom is -0.350 e. The van der Waals surface area contributed by atoms with Gasteiger partial charge in [-0.25, -0.2) is 10.2 Å². The lowest BCUT2D eigenvalue weighted by Crippen LogP contribution is -2.42. The van der Waals surface area contributed by atoms with E-state index in [-0.39, 0.29) is 0 Å². The number of aromatic nitrogens is 1. The van der Waals surface area contributed by atoms with Crippen molar-refractivity contribution in [2.45, 2.75) is 0 Å². The van der Waals surface area contributed by atoms with Crippen molar-refractivity contribution in [3.63, 3.8) is 0 Å². The Balaban J connectivity index is 2.18. The van der Waals surface area contributed by atoms with Gasteiger partial charge in [-0.3, -0.25) is 9.99 Å². The molecular formula is C9H10N4OS. The van der Waals surface area contributed by atoms with Crippen LogP contribution in [0, 0.1) is 0 Å². The molecule has 0 spiro atoms. The number of nitrogens with one attached hydrogen (secondary N) is 1. The summed E-state index contributed by atoms with van der Waals surface area (Å²) in [4.78, 5) is 14.8. The summed E-state index contributed by atoms with van der Waals surface area (Å²) in [6.45, 7) is 0. The van der Waals surface area contributed by atoms with Gasteiger partial charge in [0.1, 0.15) is 0 Å². The van der Waals surface area contributed by atoms with E-state index in [4.69, 9.17) is 5.73 Å². The summed E-state index contributed by atoms with van der Waals surface area (Å²) in [5.41, 5.74) is 9.48. The molecule has 2 heterocycles. The van der Waals surface area contributed by atoms with E-state index in [0.717, 1.165) is 11.3 Å². The third-order valence-corrected chi connectivity index (χ3v) is 2.69. The molecule has 0 bridgehead atoms. The molecule has 0 saturated heterocycles. The molecule has 5 nitrogen and oxygen atoms in total. The number of hydrogen-bond acceptors (Lipinski definition) is 4. The van der Waals surface area contributed by atoms with Crippen LogP contribution in [-0.2, 0) is 0 Å². The van der Waals surface area contributed by atoms with Gasteiger partial charge in [0.25, 0.3) is 0 Å². The second-order valence-electron chi connectivity index (χ2n) is 2.94. The second-order valence-corrected chi connectivity index (χ2v) is 3.77. The van der Waals surface area contributed by atoms with Crippen molar-refractivity contribution < 1.29 is 4.79 Å². The Morgan fingerprint density at radius 3 is 3.20 bits per heavy atom. The predicted molar refractivity (Wildman–Crippen MR) is 59.2 cm³/mol. The van der Waals surface area contributed by atoms with Crippen LogP contribution in [0.5, 0.6) is 0 Å². The first-order valence-electron chi connectivity index (χ1n) is 4.33. The van der Waals surface area contributed by atoms with E-state index >= 15 is 0 Å². The highest BCUT2D eigenvalue weighted by Crippen LogP contribution is 2.28. The van der Waals surface area contributed by atoms with Gasteiger partial charge in [0, 0.05) is 18.0 Å². The summed E-state index contributed by atoms with van der Waals surface area (Å²) in [7, 11) is 0. The number of hydrazine groups is 1. The third-order valence-electron chi connectivity index (χ3n) is 1.89. The second kappa shape index (κ2) is 4.22. The number of urea groups is 1. The summed E-state index contributed by atoms with van der Waals surface area (Å²) in [5.74, 6) is 0.660. The van der Waals surface area contributed by atoms with Crippen molar-refractivity contribution in [2.24, 2.45) is 5.73 Å². The smallest absolute Gasteiger partial charge is 0.331 e. The summed E-state index contributed by atoms with van der Waals surface area (Å²) in [6, 6.07) is 3.22. The number of carbonyl (C=O) groups is 1. The highest BCUT2D eigenvalue weighted by atomic mass is 32.2. The van der Waals surface area contributed by atoms with E-state index in [1.54, 1.807) is 29.2 Å². The van der Waals surface area contributed by atoms with Crippen molar-refractivity contribution in [1.29, 1.82) is 0 Å². The summed E-state index contributed by atoms with van der Waals surface area (Å²) in [6.07, 6.45) is 3.45. The number of carbonyl (C=O) groups excluding carboxylic acids is 1. The van der Waals surface area contributed by atoms with Crippen LogP contribution in [0.4, 0.5) is 4.79 Å². The highest BCUT2D eigenvalue weighted by molar-refractivity contribution is 8.02. The maximum Gasteiger partial charge on any atom is 0.331 e. The van der Waals surface area contributed by atoms with E-state index in [0.29, 0.717) is 5.88 Å². The number of amides is 2. The highest BCUT2D eigenvalue weighted by Gasteiger charge is 2.18. The lowest BCUT2D eigenvalue weighted by molar-refractivity contribution is 0.229. The number of pyridine rings is 1. The Kier molecular flexibility index (Phi) is 2.77. The van der Waals surface area contributed by atoms with Gasteiger partial charge in [0.15, 0.2) is 0 Å². The molecule has 6 heteroatoms. The molecule has 2 amide bonds. The normalized spacial score (nSPS) is 14.9. The van der Waals surface area contributed by atoms with E-state index in [9.17, 15) is 4.79 Å². The van der Waals surface area contributed by atoms with Crippen LogP contribution in [0.1, 0.15) is 5.56 Å². The monoisotopic (exact) mass is 222 g/mol. The molecule has 0 radical (unpaired) electrons. The molecule has 1 aliphatic rings. The van der Waals surface area contributed by atoms with E-state index in [1.165, 1.54) is 0 Å². The van der Waals surface area contributed by atoms with Crippen molar-refractivity contribution in [2.75, 3.05) is 5.88 Å². The van der Waals surface area contributed by atoms with Crippen LogP contribution in [0.3, 0.4) is 0 Å². The van der Waals surface area contributed by atoms with Crippen molar-refractivity contribution in [3.05, 3.63) is 35.5 Å². The van der Waals surface area contributed by atoms with Gasteiger partial charge in [0.05, 0.1) is 11.6 Å². The van der Waals surface area contributed by atoms with Crippen LogP contribution >= 0.6 is 11.8 Å². The van der Waals surface area contributed by atoms with Crippen LogP contribution in [0.2, 0.25) is 0 Å². The molecule has 0 aromatic carbocycles. The van der Waals surface area contributed by atoms with Gasteiger partial charge in [-0.1, -0.05) is 0 Å². The Bertz CT molecular complexity index is 392.